The van der Waals surface area contributed by atoms with Crippen LogP contribution in [0.4, 0.5) is 5.95 Å². The molecule has 0 unspecified atom stereocenters. The number of nitrogens with zero attached hydrogens (tertiary/aromatic N) is 3. The van der Waals surface area contributed by atoms with E-state index in [0.717, 1.165) is 25.2 Å². The quantitative estimate of drug-likeness (QED) is 0.768. The van der Waals surface area contributed by atoms with Crippen LogP contribution >= 0.6 is 0 Å². The first kappa shape index (κ1) is 9.21. The summed E-state index contributed by atoms with van der Waals surface area (Å²) in [4.78, 5) is 12.0. The molecule has 0 bridgehead atoms. The van der Waals surface area contributed by atoms with Gasteiger partial charge in [-0.25, -0.2) is 4.79 Å². The van der Waals surface area contributed by atoms with E-state index in [0.29, 0.717) is 5.95 Å². The Morgan fingerprint density at radius 3 is 2.81 bits per heavy atom. The van der Waals surface area contributed by atoms with Crippen molar-refractivity contribution in [2.24, 2.45) is 0 Å². The first-order valence-electron chi connectivity index (χ1n) is 5.35. The molecule has 1 N–H and O–H groups in total. The molecule has 0 radical (unpaired) electrons. The van der Waals surface area contributed by atoms with Crippen molar-refractivity contribution < 1.29 is 0 Å². The van der Waals surface area contributed by atoms with Gasteiger partial charge in [0.25, 0.3) is 0 Å². The largest absolute Gasteiger partial charge is 0.354 e. The van der Waals surface area contributed by atoms with Crippen LogP contribution in [0.5, 0.6) is 0 Å². The lowest BCUT2D eigenvalue weighted by molar-refractivity contribution is 0.606. The van der Waals surface area contributed by atoms with Gasteiger partial charge in [-0.05, 0) is 18.6 Å². The molecule has 1 aromatic heterocycles. The molecule has 0 fully saturated rings. The first-order chi connectivity index (χ1) is 7.86. The molecule has 82 valence electrons. The van der Waals surface area contributed by atoms with E-state index in [9.17, 15) is 4.79 Å². The Morgan fingerprint density at radius 2 is 2.06 bits per heavy atom. The molecular formula is C11H12N4O. The van der Waals surface area contributed by atoms with Gasteiger partial charge in [-0.1, -0.05) is 18.2 Å². The Hall–Kier alpha value is -2.04. The SMILES string of the molecule is O=c1n(-c2ccccc2)nc2n1CCCN2. The third-order valence-electron chi connectivity index (χ3n) is 2.70. The van der Waals surface area contributed by atoms with Crippen LogP contribution in [0.2, 0.25) is 0 Å². The van der Waals surface area contributed by atoms with Gasteiger partial charge in [0, 0.05) is 13.1 Å². The van der Waals surface area contributed by atoms with E-state index in [4.69, 9.17) is 0 Å². The second-order valence-corrected chi connectivity index (χ2v) is 3.79. The number of hydrogen-bond acceptors (Lipinski definition) is 3. The fourth-order valence-corrected chi connectivity index (χ4v) is 1.90. The molecule has 0 saturated carbocycles. The Balaban J connectivity index is 2.16. The summed E-state index contributed by atoms with van der Waals surface area (Å²) in [6.07, 6.45) is 0.966. The van der Waals surface area contributed by atoms with E-state index < -0.39 is 0 Å². The highest BCUT2D eigenvalue weighted by Gasteiger charge is 2.16. The van der Waals surface area contributed by atoms with E-state index in [1.54, 1.807) is 4.57 Å². The van der Waals surface area contributed by atoms with Gasteiger partial charge in [0.2, 0.25) is 5.95 Å². The molecular weight excluding hydrogens is 204 g/mol. The Morgan fingerprint density at radius 1 is 1.25 bits per heavy atom. The number of rotatable bonds is 1. The van der Waals surface area contributed by atoms with Crippen molar-refractivity contribution in [3.63, 3.8) is 0 Å². The van der Waals surface area contributed by atoms with Crippen molar-refractivity contribution in [3.8, 4) is 5.69 Å². The van der Waals surface area contributed by atoms with E-state index >= 15 is 0 Å². The first-order valence-corrected chi connectivity index (χ1v) is 5.35. The van der Waals surface area contributed by atoms with Gasteiger partial charge < -0.3 is 5.32 Å². The molecule has 0 spiro atoms. The molecule has 0 atom stereocenters. The lowest BCUT2D eigenvalue weighted by Gasteiger charge is -2.12. The predicted molar refractivity (Wildman–Crippen MR) is 60.9 cm³/mol. The van der Waals surface area contributed by atoms with Crippen molar-refractivity contribution in [2.45, 2.75) is 13.0 Å². The van der Waals surface area contributed by atoms with Gasteiger partial charge in [-0.3, -0.25) is 4.57 Å². The minimum atomic E-state index is -0.0756. The molecule has 2 heterocycles. The molecule has 0 amide bonds. The van der Waals surface area contributed by atoms with E-state index in [-0.39, 0.29) is 5.69 Å². The predicted octanol–water partition coefficient (Wildman–Crippen LogP) is 0.850. The third kappa shape index (κ3) is 1.32. The zero-order valence-corrected chi connectivity index (χ0v) is 8.76. The van der Waals surface area contributed by atoms with Crippen LogP contribution in [0.25, 0.3) is 5.69 Å². The fraction of sp³-hybridized carbons (Fsp3) is 0.273. The topological polar surface area (TPSA) is 51.9 Å². The maximum Gasteiger partial charge on any atom is 0.352 e. The van der Waals surface area contributed by atoms with E-state index in [2.05, 4.69) is 10.4 Å². The monoisotopic (exact) mass is 216 g/mol. The van der Waals surface area contributed by atoms with Crippen molar-refractivity contribution in [1.29, 1.82) is 0 Å². The minimum absolute atomic E-state index is 0.0756. The molecule has 1 aliphatic rings. The minimum Gasteiger partial charge on any atom is -0.354 e. The molecule has 3 rings (SSSR count). The van der Waals surface area contributed by atoms with E-state index in [1.165, 1.54) is 4.68 Å². The van der Waals surface area contributed by atoms with Crippen molar-refractivity contribution >= 4 is 5.95 Å². The van der Waals surface area contributed by atoms with Crippen LogP contribution in [-0.4, -0.2) is 20.9 Å². The van der Waals surface area contributed by atoms with Gasteiger partial charge in [0.15, 0.2) is 0 Å². The highest BCUT2D eigenvalue weighted by Crippen LogP contribution is 2.10. The number of para-hydroxylation sites is 1. The van der Waals surface area contributed by atoms with Crippen LogP contribution in [0.1, 0.15) is 6.42 Å². The smallest absolute Gasteiger partial charge is 0.352 e. The second kappa shape index (κ2) is 3.52. The molecule has 0 saturated heterocycles. The van der Waals surface area contributed by atoms with Gasteiger partial charge in [-0.15, -0.1) is 5.10 Å². The van der Waals surface area contributed by atoms with Gasteiger partial charge in [0.05, 0.1) is 5.69 Å². The number of aromatic nitrogens is 3. The average molecular weight is 216 g/mol. The van der Waals surface area contributed by atoms with Crippen molar-refractivity contribution in [1.82, 2.24) is 14.3 Å². The molecule has 5 nitrogen and oxygen atoms in total. The maximum atomic E-state index is 12.0. The van der Waals surface area contributed by atoms with Gasteiger partial charge in [-0.2, -0.15) is 4.68 Å². The lowest BCUT2D eigenvalue weighted by atomic mass is 10.3. The summed E-state index contributed by atoms with van der Waals surface area (Å²) < 4.78 is 3.12. The highest BCUT2D eigenvalue weighted by atomic mass is 16.2. The summed E-state index contributed by atoms with van der Waals surface area (Å²) in [5, 5.41) is 7.40. The van der Waals surface area contributed by atoms with E-state index in [1.807, 2.05) is 30.3 Å². The Kier molecular flexibility index (Phi) is 2.02. The maximum absolute atomic E-state index is 12.0. The van der Waals surface area contributed by atoms with Crippen molar-refractivity contribution in [2.75, 3.05) is 11.9 Å². The summed E-state index contributed by atoms with van der Waals surface area (Å²) in [5.41, 5.74) is 0.726. The number of benzene rings is 1. The van der Waals surface area contributed by atoms with Crippen LogP contribution < -0.4 is 11.0 Å². The average Bonchev–Trinajstić information content (AvgIpc) is 2.69. The zero-order chi connectivity index (χ0) is 11.0. The highest BCUT2D eigenvalue weighted by molar-refractivity contribution is 5.33. The van der Waals surface area contributed by atoms with Crippen LogP contribution in [0.15, 0.2) is 35.1 Å². The Bertz CT molecular complexity index is 555. The summed E-state index contributed by atoms with van der Waals surface area (Å²) in [7, 11) is 0. The summed E-state index contributed by atoms with van der Waals surface area (Å²) >= 11 is 0. The molecule has 2 aromatic rings. The number of fused-ring (bicyclic) bond motifs is 1. The lowest BCUT2D eigenvalue weighted by Crippen LogP contribution is -2.27. The number of anilines is 1. The number of hydrogen-bond donors (Lipinski definition) is 1. The summed E-state index contributed by atoms with van der Waals surface area (Å²) in [6, 6.07) is 9.46. The summed E-state index contributed by atoms with van der Waals surface area (Å²) in [6.45, 7) is 1.62. The van der Waals surface area contributed by atoms with Gasteiger partial charge >= 0.3 is 5.69 Å². The standard InChI is InChI=1S/C11H12N4O/c16-11-14-8-4-7-12-10(14)13-15(11)9-5-2-1-3-6-9/h1-3,5-6H,4,7-8H2,(H,12,13). The third-order valence-corrected chi connectivity index (χ3v) is 2.70. The molecule has 1 aliphatic heterocycles. The second-order valence-electron chi connectivity index (χ2n) is 3.79. The molecule has 1 aromatic carbocycles. The molecule has 5 heteroatoms. The molecule has 0 aliphatic carbocycles. The van der Waals surface area contributed by atoms with Crippen LogP contribution in [0.3, 0.4) is 0 Å². The molecule has 16 heavy (non-hydrogen) atoms. The zero-order valence-electron chi connectivity index (χ0n) is 8.76. The Labute approximate surface area is 92.3 Å². The summed E-state index contributed by atoms with van der Waals surface area (Å²) in [5.74, 6) is 0.667. The fourth-order valence-electron chi connectivity index (χ4n) is 1.90. The van der Waals surface area contributed by atoms with Gasteiger partial charge in [0.1, 0.15) is 0 Å². The normalized spacial score (nSPS) is 14.2. The van der Waals surface area contributed by atoms with Crippen LogP contribution in [-0.2, 0) is 6.54 Å². The number of nitrogens with one attached hydrogen (secondary N) is 1. The van der Waals surface area contributed by atoms with Crippen LogP contribution in [0, 0.1) is 0 Å². The van der Waals surface area contributed by atoms with Crippen molar-refractivity contribution in [3.05, 3.63) is 40.8 Å².